The summed E-state index contributed by atoms with van der Waals surface area (Å²) in [5.74, 6) is -0.882. The number of hydrogen-bond acceptors (Lipinski definition) is 6. The van der Waals surface area contributed by atoms with Crippen LogP contribution in [0.1, 0.15) is 27.1 Å². The Morgan fingerprint density at radius 2 is 2.15 bits per heavy atom. The lowest BCUT2D eigenvalue weighted by molar-refractivity contribution is 0.0591. The van der Waals surface area contributed by atoms with E-state index < -0.39 is 5.97 Å². The molecule has 0 aromatic carbocycles. The largest absolute Gasteiger partial charge is 0.464 e. The summed E-state index contributed by atoms with van der Waals surface area (Å²) >= 11 is 0.982. The SMILES string of the molecule is COC(=O)c1nc(N)sc1C(C)=O. The Bertz CT molecular complexity index is 359. The molecular weight excluding hydrogens is 192 g/mol. The standard InChI is InChI=1S/C7H8N2O3S/c1-3(10)5-4(6(11)12-2)9-7(8)13-5/h1-2H3,(H2,8,9). The van der Waals surface area contributed by atoms with Gasteiger partial charge in [-0.1, -0.05) is 11.3 Å². The Morgan fingerprint density at radius 1 is 1.54 bits per heavy atom. The van der Waals surface area contributed by atoms with E-state index in [2.05, 4.69) is 9.72 Å². The molecule has 1 aromatic rings. The molecular formula is C7H8N2O3S. The lowest BCUT2D eigenvalue weighted by atomic mass is 10.3. The number of anilines is 1. The van der Waals surface area contributed by atoms with Gasteiger partial charge in [0.1, 0.15) is 4.88 Å². The Hall–Kier alpha value is -1.43. The van der Waals surface area contributed by atoms with E-state index in [9.17, 15) is 9.59 Å². The van der Waals surface area contributed by atoms with Crippen molar-refractivity contribution in [3.05, 3.63) is 10.6 Å². The van der Waals surface area contributed by atoms with E-state index in [1.165, 1.54) is 14.0 Å². The fourth-order valence-corrected chi connectivity index (χ4v) is 1.53. The number of nitrogens with two attached hydrogens (primary N) is 1. The monoisotopic (exact) mass is 200 g/mol. The normalized spacial score (nSPS) is 9.69. The Kier molecular flexibility index (Phi) is 2.62. The summed E-state index contributed by atoms with van der Waals surface area (Å²) in [6.45, 7) is 1.35. The van der Waals surface area contributed by atoms with E-state index in [0.717, 1.165) is 11.3 Å². The van der Waals surface area contributed by atoms with E-state index >= 15 is 0 Å². The summed E-state index contributed by atoms with van der Waals surface area (Å²) in [6.07, 6.45) is 0. The summed E-state index contributed by atoms with van der Waals surface area (Å²) < 4.78 is 4.44. The molecule has 0 aliphatic heterocycles. The Labute approximate surface area is 78.5 Å². The minimum Gasteiger partial charge on any atom is -0.464 e. The van der Waals surface area contributed by atoms with Gasteiger partial charge in [-0.2, -0.15) is 0 Å². The molecule has 1 rings (SSSR count). The van der Waals surface area contributed by atoms with E-state index in [0.29, 0.717) is 0 Å². The van der Waals surface area contributed by atoms with Crippen LogP contribution in [0.4, 0.5) is 5.13 Å². The molecule has 0 unspecified atom stereocenters. The summed E-state index contributed by atoms with van der Waals surface area (Å²) in [5.41, 5.74) is 5.35. The van der Waals surface area contributed by atoms with Gasteiger partial charge in [0.05, 0.1) is 7.11 Å². The first-order valence-electron chi connectivity index (χ1n) is 3.41. The van der Waals surface area contributed by atoms with Crippen LogP contribution < -0.4 is 5.73 Å². The van der Waals surface area contributed by atoms with Gasteiger partial charge >= 0.3 is 5.97 Å². The number of ether oxygens (including phenoxy) is 1. The molecule has 0 amide bonds. The van der Waals surface area contributed by atoms with Crippen molar-refractivity contribution in [1.29, 1.82) is 0 Å². The first kappa shape index (κ1) is 9.66. The molecule has 2 N–H and O–H groups in total. The van der Waals surface area contributed by atoms with Gasteiger partial charge in [0.2, 0.25) is 0 Å². The smallest absolute Gasteiger partial charge is 0.358 e. The quantitative estimate of drug-likeness (QED) is 0.561. The number of aromatic nitrogens is 1. The maximum Gasteiger partial charge on any atom is 0.358 e. The van der Waals surface area contributed by atoms with Crippen LogP contribution in [-0.4, -0.2) is 23.8 Å². The fourth-order valence-electron chi connectivity index (χ4n) is 0.810. The predicted octanol–water partition coefficient (Wildman–Crippen LogP) is 0.715. The topological polar surface area (TPSA) is 82.3 Å². The van der Waals surface area contributed by atoms with Crippen LogP contribution in [0.3, 0.4) is 0 Å². The van der Waals surface area contributed by atoms with Crippen LogP contribution in [-0.2, 0) is 4.74 Å². The second-order valence-corrected chi connectivity index (χ2v) is 3.31. The van der Waals surface area contributed by atoms with Crippen molar-refractivity contribution in [3.63, 3.8) is 0 Å². The molecule has 1 aromatic heterocycles. The highest BCUT2D eigenvalue weighted by Crippen LogP contribution is 2.21. The average Bonchev–Trinajstić information content (AvgIpc) is 2.46. The number of hydrogen-bond donors (Lipinski definition) is 1. The van der Waals surface area contributed by atoms with Crippen LogP contribution in [0.2, 0.25) is 0 Å². The first-order chi connectivity index (χ1) is 6.06. The van der Waals surface area contributed by atoms with Crippen molar-refractivity contribution in [2.24, 2.45) is 0 Å². The second kappa shape index (κ2) is 3.53. The van der Waals surface area contributed by atoms with Crippen molar-refractivity contribution in [2.45, 2.75) is 6.92 Å². The highest BCUT2D eigenvalue weighted by Gasteiger charge is 2.20. The number of carbonyl (C=O) groups is 2. The number of thiazole rings is 1. The maximum absolute atomic E-state index is 11.1. The van der Waals surface area contributed by atoms with Gasteiger partial charge in [-0.3, -0.25) is 4.79 Å². The summed E-state index contributed by atoms with van der Waals surface area (Å²) in [6, 6.07) is 0. The number of Topliss-reactive ketones (excluding diaryl/α,β-unsaturated/α-hetero) is 1. The van der Waals surface area contributed by atoms with E-state index in [4.69, 9.17) is 5.73 Å². The number of esters is 1. The Morgan fingerprint density at radius 3 is 2.62 bits per heavy atom. The van der Waals surface area contributed by atoms with E-state index in [1.54, 1.807) is 0 Å². The molecule has 5 nitrogen and oxygen atoms in total. The number of nitrogen functional groups attached to an aromatic ring is 1. The molecule has 0 atom stereocenters. The zero-order valence-electron chi connectivity index (χ0n) is 7.16. The zero-order valence-corrected chi connectivity index (χ0v) is 7.97. The van der Waals surface area contributed by atoms with E-state index in [1.807, 2.05) is 0 Å². The molecule has 0 saturated carbocycles. The van der Waals surface area contributed by atoms with Gasteiger partial charge in [0.15, 0.2) is 16.6 Å². The average molecular weight is 200 g/mol. The molecule has 0 aliphatic carbocycles. The number of nitrogens with zero attached hydrogens (tertiary/aromatic N) is 1. The third-order valence-corrected chi connectivity index (χ3v) is 2.33. The van der Waals surface area contributed by atoms with Crippen LogP contribution in [0.25, 0.3) is 0 Å². The van der Waals surface area contributed by atoms with Gasteiger partial charge < -0.3 is 10.5 Å². The molecule has 0 fully saturated rings. The van der Waals surface area contributed by atoms with Gasteiger partial charge in [0, 0.05) is 6.92 Å². The highest BCUT2D eigenvalue weighted by molar-refractivity contribution is 7.17. The lowest BCUT2D eigenvalue weighted by Crippen LogP contribution is -2.07. The highest BCUT2D eigenvalue weighted by atomic mass is 32.1. The lowest BCUT2D eigenvalue weighted by Gasteiger charge is -1.94. The van der Waals surface area contributed by atoms with Gasteiger partial charge in [-0.25, -0.2) is 9.78 Å². The van der Waals surface area contributed by atoms with Gasteiger partial charge in [-0.05, 0) is 0 Å². The van der Waals surface area contributed by atoms with Crippen LogP contribution in [0.15, 0.2) is 0 Å². The third-order valence-electron chi connectivity index (χ3n) is 1.34. The number of methoxy groups -OCH3 is 1. The predicted molar refractivity (Wildman–Crippen MR) is 47.9 cm³/mol. The van der Waals surface area contributed by atoms with Crippen LogP contribution in [0.5, 0.6) is 0 Å². The minimum atomic E-state index is -0.641. The van der Waals surface area contributed by atoms with Gasteiger partial charge in [-0.15, -0.1) is 0 Å². The van der Waals surface area contributed by atoms with Gasteiger partial charge in [0.25, 0.3) is 0 Å². The fraction of sp³-hybridized carbons (Fsp3) is 0.286. The van der Waals surface area contributed by atoms with Crippen molar-refractivity contribution in [3.8, 4) is 0 Å². The molecule has 0 radical (unpaired) electrons. The van der Waals surface area contributed by atoms with Crippen molar-refractivity contribution < 1.29 is 14.3 Å². The molecule has 70 valence electrons. The molecule has 13 heavy (non-hydrogen) atoms. The van der Waals surface area contributed by atoms with Crippen LogP contribution in [0, 0.1) is 0 Å². The van der Waals surface area contributed by atoms with Crippen molar-refractivity contribution in [2.75, 3.05) is 12.8 Å². The van der Waals surface area contributed by atoms with Crippen LogP contribution >= 0.6 is 11.3 Å². The minimum absolute atomic E-state index is 0.00231. The summed E-state index contributed by atoms with van der Waals surface area (Å²) in [7, 11) is 1.22. The van der Waals surface area contributed by atoms with E-state index in [-0.39, 0.29) is 21.5 Å². The first-order valence-corrected chi connectivity index (χ1v) is 4.23. The Balaban J connectivity index is 3.19. The molecule has 0 aliphatic rings. The molecule has 0 bridgehead atoms. The number of rotatable bonds is 2. The number of ketones is 1. The molecule has 6 heteroatoms. The summed E-state index contributed by atoms with van der Waals surface area (Å²) in [5, 5.41) is 0.186. The second-order valence-electron chi connectivity index (χ2n) is 2.28. The summed E-state index contributed by atoms with van der Waals surface area (Å²) in [4.78, 5) is 26.0. The third kappa shape index (κ3) is 1.83. The molecule has 0 spiro atoms. The maximum atomic E-state index is 11.1. The van der Waals surface area contributed by atoms with Crippen molar-refractivity contribution in [1.82, 2.24) is 4.98 Å². The number of carbonyl (C=O) groups excluding carboxylic acids is 2. The van der Waals surface area contributed by atoms with Crippen molar-refractivity contribution >= 4 is 28.2 Å². The molecule has 1 heterocycles. The molecule has 0 saturated heterocycles. The zero-order chi connectivity index (χ0) is 10.0.